The molecule has 7 heteroatoms. The number of pyridine rings is 1. The first kappa shape index (κ1) is 16.5. The first-order chi connectivity index (χ1) is 13.1. The lowest BCUT2D eigenvalue weighted by Crippen LogP contribution is -2.32. The number of hydrogen-bond donors (Lipinski definition) is 0. The van der Waals surface area contributed by atoms with E-state index in [1.807, 2.05) is 0 Å². The van der Waals surface area contributed by atoms with E-state index in [-0.39, 0.29) is 16.7 Å². The molecule has 0 aliphatic carbocycles. The maximum Gasteiger partial charge on any atom is 0.363 e. The minimum absolute atomic E-state index is 0.175. The molecule has 0 saturated heterocycles. The van der Waals surface area contributed by atoms with Gasteiger partial charge in [0, 0.05) is 12.4 Å². The maximum atomic E-state index is 12.3. The van der Waals surface area contributed by atoms with Crippen LogP contribution in [0.1, 0.15) is 31.1 Å². The molecule has 27 heavy (non-hydrogen) atoms. The van der Waals surface area contributed by atoms with Gasteiger partial charge >= 0.3 is 5.97 Å². The molecule has 0 unspecified atom stereocenters. The highest BCUT2D eigenvalue weighted by molar-refractivity contribution is 6.21. The van der Waals surface area contributed by atoms with Gasteiger partial charge < -0.3 is 9.57 Å². The average Bonchev–Trinajstić information content (AvgIpc) is 2.94. The van der Waals surface area contributed by atoms with Crippen molar-refractivity contribution in [2.45, 2.75) is 0 Å². The van der Waals surface area contributed by atoms with Crippen LogP contribution in [0.3, 0.4) is 0 Å². The third kappa shape index (κ3) is 3.13. The Kier molecular flexibility index (Phi) is 4.10. The molecule has 0 spiro atoms. The molecule has 132 valence electrons. The number of fused-ring (bicyclic) bond motifs is 1. The maximum absolute atomic E-state index is 12.3. The normalized spacial score (nSPS) is 12.7. The monoisotopic (exact) mass is 360 g/mol. The van der Waals surface area contributed by atoms with Crippen molar-refractivity contribution in [3.8, 4) is 11.5 Å². The molecule has 0 N–H and O–H groups in total. The lowest BCUT2D eigenvalue weighted by atomic mass is 10.1. The van der Waals surface area contributed by atoms with Gasteiger partial charge in [0.15, 0.2) is 0 Å². The van der Waals surface area contributed by atoms with Crippen LogP contribution in [-0.2, 0) is 4.84 Å². The average molecular weight is 360 g/mol. The molecule has 1 aliphatic heterocycles. The number of benzene rings is 2. The van der Waals surface area contributed by atoms with E-state index in [2.05, 4.69) is 4.98 Å². The van der Waals surface area contributed by atoms with E-state index >= 15 is 0 Å². The Labute approximate surface area is 153 Å². The van der Waals surface area contributed by atoms with Crippen LogP contribution in [0.2, 0.25) is 0 Å². The topological polar surface area (TPSA) is 85.8 Å². The molecule has 1 aliphatic rings. The van der Waals surface area contributed by atoms with E-state index in [4.69, 9.17) is 9.57 Å². The predicted octanol–water partition coefficient (Wildman–Crippen LogP) is 3.24. The number of ether oxygens (including phenoxy) is 1. The van der Waals surface area contributed by atoms with Crippen molar-refractivity contribution in [3.05, 3.63) is 89.7 Å². The van der Waals surface area contributed by atoms with E-state index < -0.39 is 17.8 Å². The van der Waals surface area contributed by atoms with Crippen molar-refractivity contribution in [1.82, 2.24) is 10.0 Å². The molecule has 0 fully saturated rings. The number of carbonyl (C=O) groups excluding carboxylic acids is 3. The van der Waals surface area contributed by atoms with Gasteiger partial charge in [0.1, 0.15) is 11.5 Å². The number of hydroxylamine groups is 2. The second kappa shape index (κ2) is 6.72. The summed E-state index contributed by atoms with van der Waals surface area (Å²) in [6, 6.07) is 15.8. The number of nitrogens with zero attached hydrogens (tertiary/aromatic N) is 2. The predicted molar refractivity (Wildman–Crippen MR) is 93.1 cm³/mol. The highest BCUT2D eigenvalue weighted by atomic mass is 16.7. The zero-order chi connectivity index (χ0) is 18.8. The summed E-state index contributed by atoms with van der Waals surface area (Å²) in [5.41, 5.74) is 0.585. The number of amides is 2. The Bertz CT molecular complexity index is 997. The smallest absolute Gasteiger partial charge is 0.363 e. The largest absolute Gasteiger partial charge is 0.457 e. The summed E-state index contributed by atoms with van der Waals surface area (Å²) < 4.78 is 5.61. The molecular weight excluding hydrogens is 348 g/mol. The van der Waals surface area contributed by atoms with Crippen LogP contribution in [0.5, 0.6) is 11.5 Å². The summed E-state index contributed by atoms with van der Waals surface area (Å²) >= 11 is 0. The molecule has 1 aromatic heterocycles. The Balaban J connectivity index is 1.46. The Morgan fingerprint density at radius 3 is 1.93 bits per heavy atom. The van der Waals surface area contributed by atoms with Crippen molar-refractivity contribution in [2.75, 3.05) is 0 Å². The summed E-state index contributed by atoms with van der Waals surface area (Å²) in [4.78, 5) is 45.7. The standard InChI is InChI=1S/C20H12N2O5/c23-18-16-3-1-2-4-17(16)19(24)22(18)27-20(25)13-5-7-14(8-6-13)26-15-9-11-21-12-10-15/h1-12H. The molecule has 0 saturated carbocycles. The molecule has 7 nitrogen and oxygen atoms in total. The second-order valence-electron chi connectivity index (χ2n) is 5.64. The molecular formula is C20H12N2O5. The summed E-state index contributed by atoms with van der Waals surface area (Å²) in [5, 5.41) is 0.481. The fraction of sp³-hybridized carbons (Fsp3) is 0. The first-order valence-electron chi connectivity index (χ1n) is 8.01. The number of rotatable bonds is 4. The summed E-state index contributed by atoms with van der Waals surface area (Å²) in [6.45, 7) is 0. The van der Waals surface area contributed by atoms with E-state index in [1.54, 1.807) is 48.8 Å². The van der Waals surface area contributed by atoms with Gasteiger partial charge in [-0.25, -0.2) is 4.79 Å². The minimum Gasteiger partial charge on any atom is -0.457 e. The first-order valence-corrected chi connectivity index (χ1v) is 8.01. The third-order valence-corrected chi connectivity index (χ3v) is 3.91. The Hall–Kier alpha value is -4.00. The number of hydrogen-bond acceptors (Lipinski definition) is 6. The summed E-state index contributed by atoms with van der Waals surface area (Å²) in [5.74, 6) is -1.03. The number of imide groups is 1. The lowest BCUT2D eigenvalue weighted by Gasteiger charge is -2.13. The van der Waals surface area contributed by atoms with Gasteiger partial charge in [-0.3, -0.25) is 14.6 Å². The van der Waals surface area contributed by atoms with Crippen molar-refractivity contribution < 1.29 is 24.0 Å². The van der Waals surface area contributed by atoms with Crippen molar-refractivity contribution in [2.24, 2.45) is 0 Å². The quantitative estimate of drug-likeness (QED) is 0.664. The van der Waals surface area contributed by atoms with E-state index in [9.17, 15) is 14.4 Å². The zero-order valence-corrected chi connectivity index (χ0v) is 13.9. The Morgan fingerprint density at radius 2 is 1.33 bits per heavy atom. The van der Waals surface area contributed by atoms with Crippen LogP contribution in [-0.4, -0.2) is 27.8 Å². The van der Waals surface area contributed by atoms with Crippen LogP contribution in [0.4, 0.5) is 0 Å². The number of aromatic nitrogens is 1. The highest BCUT2D eigenvalue weighted by Gasteiger charge is 2.38. The van der Waals surface area contributed by atoms with E-state index in [0.717, 1.165) is 0 Å². The van der Waals surface area contributed by atoms with Crippen molar-refractivity contribution in [3.63, 3.8) is 0 Å². The molecule has 0 radical (unpaired) electrons. The Morgan fingerprint density at radius 1 is 0.778 bits per heavy atom. The zero-order valence-electron chi connectivity index (χ0n) is 13.9. The van der Waals surface area contributed by atoms with Gasteiger partial charge in [0.2, 0.25) is 0 Å². The molecule has 0 bridgehead atoms. The molecule has 2 heterocycles. The molecule has 0 atom stereocenters. The van der Waals surface area contributed by atoms with Crippen LogP contribution in [0.25, 0.3) is 0 Å². The third-order valence-electron chi connectivity index (χ3n) is 3.91. The van der Waals surface area contributed by atoms with Crippen molar-refractivity contribution >= 4 is 17.8 Å². The van der Waals surface area contributed by atoms with Gasteiger partial charge in [-0.1, -0.05) is 17.2 Å². The van der Waals surface area contributed by atoms with Crippen LogP contribution in [0.15, 0.2) is 73.1 Å². The number of carbonyl (C=O) groups is 3. The summed E-state index contributed by atoms with van der Waals surface area (Å²) in [7, 11) is 0. The molecule has 2 aromatic carbocycles. The van der Waals surface area contributed by atoms with Crippen LogP contribution in [0, 0.1) is 0 Å². The highest BCUT2D eigenvalue weighted by Crippen LogP contribution is 2.24. The second-order valence-corrected chi connectivity index (χ2v) is 5.64. The van der Waals surface area contributed by atoms with Gasteiger partial charge in [0.05, 0.1) is 16.7 Å². The molecule has 4 rings (SSSR count). The van der Waals surface area contributed by atoms with Gasteiger partial charge in [0.25, 0.3) is 11.8 Å². The van der Waals surface area contributed by atoms with E-state index in [1.165, 1.54) is 24.3 Å². The van der Waals surface area contributed by atoms with Crippen LogP contribution < -0.4 is 4.74 Å². The van der Waals surface area contributed by atoms with Gasteiger partial charge in [-0.05, 0) is 48.5 Å². The molecule has 2 amide bonds. The van der Waals surface area contributed by atoms with Gasteiger partial charge in [-0.15, -0.1) is 0 Å². The SMILES string of the molecule is O=C(ON1C(=O)c2ccccc2C1=O)c1ccc(Oc2ccncc2)cc1. The van der Waals surface area contributed by atoms with E-state index in [0.29, 0.717) is 16.6 Å². The van der Waals surface area contributed by atoms with Crippen LogP contribution >= 0.6 is 0 Å². The lowest BCUT2D eigenvalue weighted by molar-refractivity contribution is -0.0584. The molecule has 3 aromatic rings. The van der Waals surface area contributed by atoms with Crippen molar-refractivity contribution in [1.29, 1.82) is 0 Å². The fourth-order valence-corrected chi connectivity index (χ4v) is 2.59. The van der Waals surface area contributed by atoms with Gasteiger partial charge in [-0.2, -0.15) is 0 Å². The summed E-state index contributed by atoms with van der Waals surface area (Å²) in [6.07, 6.45) is 3.20. The minimum atomic E-state index is -0.819. The fourth-order valence-electron chi connectivity index (χ4n) is 2.59.